The van der Waals surface area contributed by atoms with E-state index < -0.39 is 10.0 Å². The molecule has 0 saturated carbocycles. The zero-order valence-corrected chi connectivity index (χ0v) is 20.2. The highest BCUT2D eigenvalue weighted by atomic mass is 32.2. The van der Waals surface area contributed by atoms with Gasteiger partial charge in [-0.1, -0.05) is 13.0 Å². The molecular weight excluding hydrogens is 454 g/mol. The number of rotatable bonds is 8. The lowest BCUT2D eigenvalue weighted by molar-refractivity contribution is 0.0951. The average molecular weight is 484 g/mol. The van der Waals surface area contributed by atoms with Crippen LogP contribution in [0.25, 0.3) is 11.5 Å². The van der Waals surface area contributed by atoms with Crippen molar-refractivity contribution in [1.82, 2.24) is 24.5 Å². The van der Waals surface area contributed by atoms with E-state index in [1.807, 2.05) is 12.1 Å². The van der Waals surface area contributed by atoms with Gasteiger partial charge in [0.05, 0.1) is 5.69 Å². The fourth-order valence-electron chi connectivity index (χ4n) is 3.82. The number of aromatic nitrogens is 2. The van der Waals surface area contributed by atoms with Crippen LogP contribution in [0.1, 0.15) is 34.3 Å². The summed E-state index contributed by atoms with van der Waals surface area (Å²) < 4.78 is 33.1. The number of nitrogens with one attached hydrogen (secondary N) is 1. The van der Waals surface area contributed by atoms with E-state index >= 15 is 0 Å². The molecule has 10 heteroatoms. The Hall–Kier alpha value is -3.08. The Morgan fingerprint density at radius 2 is 1.85 bits per heavy atom. The van der Waals surface area contributed by atoms with Crippen molar-refractivity contribution in [2.45, 2.75) is 26.1 Å². The second kappa shape index (κ2) is 10.5. The number of hydrogen-bond acceptors (Lipinski definition) is 7. The van der Waals surface area contributed by atoms with Crippen LogP contribution in [-0.4, -0.2) is 66.2 Å². The minimum Gasteiger partial charge on any atom is -0.441 e. The Kier molecular flexibility index (Phi) is 7.40. The third-order valence-electron chi connectivity index (χ3n) is 5.95. The van der Waals surface area contributed by atoms with Gasteiger partial charge in [-0.2, -0.15) is 4.31 Å². The van der Waals surface area contributed by atoms with Crippen molar-refractivity contribution in [3.05, 3.63) is 71.4 Å². The number of aryl methyl sites for hydroxylation is 1. The minimum absolute atomic E-state index is 0.191. The molecule has 1 N–H and O–H groups in total. The van der Waals surface area contributed by atoms with Crippen LogP contribution in [0.2, 0.25) is 0 Å². The molecule has 0 spiro atoms. The van der Waals surface area contributed by atoms with Gasteiger partial charge >= 0.3 is 0 Å². The van der Waals surface area contributed by atoms with Gasteiger partial charge in [0.1, 0.15) is 11.5 Å². The van der Waals surface area contributed by atoms with Crippen molar-refractivity contribution in [3.8, 4) is 11.5 Å². The molecule has 0 bridgehead atoms. The molecule has 1 aromatic carbocycles. The summed E-state index contributed by atoms with van der Waals surface area (Å²) in [6.45, 7) is 7.56. The molecule has 1 aliphatic rings. The van der Waals surface area contributed by atoms with Gasteiger partial charge in [-0.15, -0.1) is 0 Å². The van der Waals surface area contributed by atoms with Gasteiger partial charge in [0.2, 0.25) is 15.9 Å². The molecule has 34 heavy (non-hydrogen) atoms. The average Bonchev–Trinajstić information content (AvgIpc) is 3.22. The Bertz CT molecular complexity index is 1220. The number of hydrogen-bond donors (Lipinski definition) is 1. The highest BCUT2D eigenvalue weighted by molar-refractivity contribution is 7.88. The van der Waals surface area contributed by atoms with Crippen LogP contribution in [0.15, 0.2) is 53.2 Å². The van der Waals surface area contributed by atoms with Crippen LogP contribution in [0.3, 0.4) is 0 Å². The Balaban J connectivity index is 1.40. The molecule has 2 aromatic heterocycles. The molecule has 0 unspecified atom stereocenters. The molecule has 4 rings (SSSR count). The predicted octanol–water partition coefficient (Wildman–Crippen LogP) is 2.44. The number of benzene rings is 1. The van der Waals surface area contributed by atoms with E-state index in [1.165, 1.54) is 4.31 Å². The third-order valence-corrected chi connectivity index (χ3v) is 7.74. The summed E-state index contributed by atoms with van der Waals surface area (Å²) in [6, 6.07) is 10.6. The van der Waals surface area contributed by atoms with Gasteiger partial charge in [-0.3, -0.25) is 9.78 Å². The van der Waals surface area contributed by atoms with E-state index in [0.29, 0.717) is 48.1 Å². The zero-order valence-electron chi connectivity index (χ0n) is 19.4. The smallest absolute Gasteiger partial charge is 0.251 e. The maximum atomic E-state index is 12.9. The fraction of sp³-hybridized carbons (Fsp3) is 0.375. The molecule has 1 aliphatic heterocycles. The Morgan fingerprint density at radius 3 is 2.50 bits per heavy atom. The SMILES string of the molecule is CCN1CCN(S(=O)(=O)Cc2nc(-c3ccc(C(=O)NCc4cccnc4)cc3)oc2C)CC1. The van der Waals surface area contributed by atoms with E-state index in [4.69, 9.17) is 4.42 Å². The number of likely N-dealkylation sites (N-methyl/N-ethyl adjacent to an activating group) is 1. The van der Waals surface area contributed by atoms with Crippen molar-refractivity contribution >= 4 is 15.9 Å². The number of carbonyl (C=O) groups excluding carboxylic acids is 1. The number of pyridine rings is 1. The number of amides is 1. The second-order valence-corrected chi connectivity index (χ2v) is 10.2. The highest BCUT2D eigenvalue weighted by Gasteiger charge is 2.28. The summed E-state index contributed by atoms with van der Waals surface area (Å²) in [5.41, 5.74) is 2.50. The second-order valence-electron chi connectivity index (χ2n) is 8.23. The summed E-state index contributed by atoms with van der Waals surface area (Å²) in [6.07, 6.45) is 3.39. The van der Waals surface area contributed by atoms with Crippen molar-refractivity contribution in [2.75, 3.05) is 32.7 Å². The lowest BCUT2D eigenvalue weighted by Gasteiger charge is -2.33. The van der Waals surface area contributed by atoms with Crippen LogP contribution in [0.4, 0.5) is 0 Å². The number of nitrogens with zero attached hydrogens (tertiary/aromatic N) is 4. The van der Waals surface area contributed by atoms with Gasteiger partial charge in [0, 0.05) is 56.2 Å². The molecule has 3 aromatic rings. The molecule has 1 saturated heterocycles. The van der Waals surface area contributed by atoms with Crippen LogP contribution in [-0.2, 0) is 22.3 Å². The maximum absolute atomic E-state index is 12.9. The molecule has 1 amide bonds. The van der Waals surface area contributed by atoms with Crippen LogP contribution < -0.4 is 5.32 Å². The summed E-state index contributed by atoms with van der Waals surface area (Å²) in [5.74, 6) is 0.419. The van der Waals surface area contributed by atoms with Gasteiger partial charge in [-0.05, 0) is 49.4 Å². The largest absolute Gasteiger partial charge is 0.441 e. The van der Waals surface area contributed by atoms with E-state index in [1.54, 1.807) is 43.6 Å². The molecular formula is C24H29N5O4S. The van der Waals surface area contributed by atoms with Crippen LogP contribution in [0, 0.1) is 6.92 Å². The van der Waals surface area contributed by atoms with Gasteiger partial charge in [-0.25, -0.2) is 13.4 Å². The van der Waals surface area contributed by atoms with Crippen LogP contribution in [0.5, 0.6) is 0 Å². The molecule has 9 nitrogen and oxygen atoms in total. The Morgan fingerprint density at radius 1 is 1.12 bits per heavy atom. The summed E-state index contributed by atoms with van der Waals surface area (Å²) in [4.78, 5) is 23.1. The topological polar surface area (TPSA) is 109 Å². The first-order valence-electron chi connectivity index (χ1n) is 11.3. The van der Waals surface area contributed by atoms with Crippen molar-refractivity contribution in [2.24, 2.45) is 0 Å². The first-order chi connectivity index (χ1) is 16.4. The normalized spacial score (nSPS) is 15.4. The molecule has 0 aliphatic carbocycles. The number of carbonyl (C=O) groups is 1. The summed E-state index contributed by atoms with van der Waals surface area (Å²) in [5, 5.41) is 2.86. The molecule has 0 radical (unpaired) electrons. The van der Waals surface area contributed by atoms with Gasteiger partial charge in [0.25, 0.3) is 5.91 Å². The molecule has 0 atom stereocenters. The van der Waals surface area contributed by atoms with Gasteiger partial charge < -0.3 is 14.6 Å². The number of sulfonamides is 1. The van der Waals surface area contributed by atoms with Crippen molar-refractivity contribution in [1.29, 1.82) is 0 Å². The van der Waals surface area contributed by atoms with E-state index in [-0.39, 0.29) is 11.7 Å². The maximum Gasteiger partial charge on any atom is 0.251 e. The third kappa shape index (κ3) is 5.69. The van der Waals surface area contributed by atoms with Crippen molar-refractivity contribution in [3.63, 3.8) is 0 Å². The lowest BCUT2D eigenvalue weighted by atomic mass is 10.1. The van der Waals surface area contributed by atoms with Crippen LogP contribution >= 0.6 is 0 Å². The summed E-state index contributed by atoms with van der Waals surface area (Å²) in [7, 11) is -3.48. The Labute approximate surface area is 199 Å². The standard InChI is InChI=1S/C24H29N5O4S/c1-3-28-11-13-29(14-12-28)34(31,32)17-22-18(2)33-24(27-22)21-8-6-20(7-9-21)23(30)26-16-19-5-4-10-25-15-19/h4-10,15H,3,11-14,16-17H2,1-2H3,(H,26,30). The first-order valence-corrected chi connectivity index (χ1v) is 12.9. The summed E-state index contributed by atoms with van der Waals surface area (Å²) >= 11 is 0. The minimum atomic E-state index is -3.48. The molecule has 1 fully saturated rings. The van der Waals surface area contributed by atoms with Crippen molar-refractivity contribution < 1.29 is 17.6 Å². The molecule has 180 valence electrons. The highest BCUT2D eigenvalue weighted by Crippen LogP contribution is 2.24. The molecule has 3 heterocycles. The van der Waals surface area contributed by atoms with E-state index in [9.17, 15) is 13.2 Å². The predicted molar refractivity (Wildman–Crippen MR) is 128 cm³/mol. The first kappa shape index (κ1) is 24.1. The number of oxazole rings is 1. The lowest BCUT2D eigenvalue weighted by Crippen LogP contribution is -2.48. The monoisotopic (exact) mass is 483 g/mol. The zero-order chi connectivity index (χ0) is 24.1. The fourth-order valence-corrected chi connectivity index (χ4v) is 5.34. The van der Waals surface area contributed by atoms with Gasteiger partial charge in [0.15, 0.2) is 0 Å². The van der Waals surface area contributed by atoms with E-state index in [2.05, 4.69) is 27.1 Å². The number of piperazine rings is 1. The quantitative estimate of drug-likeness (QED) is 0.524. The van der Waals surface area contributed by atoms with E-state index in [0.717, 1.165) is 25.2 Å².